The first-order chi connectivity index (χ1) is 19.0. The number of fused-ring (bicyclic) bond motifs is 1. The molecule has 3 aliphatic rings. The third kappa shape index (κ3) is 5.39. The normalized spacial score (nSPS) is 20.3. The molecule has 206 valence electrons. The van der Waals surface area contributed by atoms with Crippen LogP contribution in [0.5, 0.6) is 5.75 Å². The number of rotatable bonds is 11. The number of ether oxygens (including phenoxy) is 2. The lowest BCUT2D eigenvalue weighted by Crippen LogP contribution is -2.38. The molecule has 1 saturated heterocycles. The van der Waals surface area contributed by atoms with Gasteiger partial charge in [-0.2, -0.15) is 5.11 Å². The average Bonchev–Trinajstić information content (AvgIpc) is 3.41. The van der Waals surface area contributed by atoms with Gasteiger partial charge in [0, 0.05) is 44.5 Å². The quantitative estimate of drug-likeness (QED) is 0.322. The summed E-state index contributed by atoms with van der Waals surface area (Å²) in [6.07, 6.45) is 7.06. The molecule has 3 aromatic rings. The van der Waals surface area contributed by atoms with Crippen LogP contribution in [-0.4, -0.2) is 67.3 Å². The number of anilines is 2. The number of methoxy groups -OCH3 is 1. The Kier molecular flexibility index (Phi) is 7.05. The van der Waals surface area contributed by atoms with Gasteiger partial charge in [0.15, 0.2) is 0 Å². The van der Waals surface area contributed by atoms with Gasteiger partial charge in [0.05, 0.1) is 48.6 Å². The fourth-order valence-electron chi connectivity index (χ4n) is 4.83. The third-order valence-corrected chi connectivity index (χ3v) is 7.35. The van der Waals surface area contributed by atoms with Crippen molar-refractivity contribution < 1.29 is 18.7 Å². The van der Waals surface area contributed by atoms with E-state index in [2.05, 4.69) is 31.3 Å². The number of carbonyl (C=O) groups excluding carboxylic acids is 1. The summed E-state index contributed by atoms with van der Waals surface area (Å²) in [7, 11) is 1.64. The number of aromatic nitrogens is 2. The number of carbonyl (C=O) groups is 1. The zero-order valence-electron chi connectivity index (χ0n) is 22.1. The van der Waals surface area contributed by atoms with Crippen LogP contribution in [0.1, 0.15) is 46.9 Å². The number of aryl methyl sites for hydroxylation is 1. The van der Waals surface area contributed by atoms with Crippen LogP contribution in [-0.2, 0) is 4.74 Å². The molecule has 3 N–H and O–H groups in total. The molecule has 2 fully saturated rings. The van der Waals surface area contributed by atoms with E-state index in [1.807, 2.05) is 16.7 Å². The molecule has 11 nitrogen and oxygen atoms in total. The second-order valence-electron chi connectivity index (χ2n) is 10.2. The summed E-state index contributed by atoms with van der Waals surface area (Å²) in [5, 5.41) is 20.3. The van der Waals surface area contributed by atoms with Gasteiger partial charge in [-0.05, 0) is 43.9 Å². The molecule has 0 bridgehead atoms. The first kappa shape index (κ1) is 25.5. The molecule has 39 heavy (non-hydrogen) atoms. The largest absolute Gasteiger partial charge is 0.494 e. The smallest absolute Gasteiger partial charge is 0.254 e. The molecule has 2 aromatic heterocycles. The van der Waals surface area contributed by atoms with Crippen molar-refractivity contribution in [3.05, 3.63) is 53.2 Å². The van der Waals surface area contributed by atoms with E-state index in [4.69, 9.17) is 9.47 Å². The van der Waals surface area contributed by atoms with Crippen molar-refractivity contribution >= 4 is 22.9 Å². The van der Waals surface area contributed by atoms with Crippen LogP contribution >= 0.6 is 0 Å². The summed E-state index contributed by atoms with van der Waals surface area (Å²) >= 11 is 0. The first-order valence-corrected chi connectivity index (χ1v) is 13.4. The summed E-state index contributed by atoms with van der Waals surface area (Å²) in [6.45, 7) is 5.46. The van der Waals surface area contributed by atoms with Gasteiger partial charge >= 0.3 is 0 Å². The Balaban J connectivity index is 1.17. The molecule has 1 saturated carbocycles. The standard InChI is InChI=1S/C27H33FN8O3/c1-16-9-20(28)19(27(37)32-17-3-4-17)10-23(16)36-15-21(33-34-36)24-13-31-26-11-25(38-2)22(14-35(24)26)30-7-6-29-12-18-5-8-39-18/h9-11,13-14,17-18,21,29-30H,3-8,12,15H2,1-2H3,(H,32,37). The fourth-order valence-corrected chi connectivity index (χ4v) is 4.83. The lowest BCUT2D eigenvalue weighted by atomic mass is 10.1. The number of nitrogens with zero attached hydrogens (tertiary/aromatic N) is 5. The van der Waals surface area contributed by atoms with Crippen LogP contribution < -0.4 is 25.7 Å². The van der Waals surface area contributed by atoms with Crippen molar-refractivity contribution in [2.45, 2.75) is 44.4 Å². The lowest BCUT2D eigenvalue weighted by molar-refractivity contribution is -0.0480. The maximum Gasteiger partial charge on any atom is 0.254 e. The van der Waals surface area contributed by atoms with Crippen molar-refractivity contribution in [3.8, 4) is 5.75 Å². The summed E-state index contributed by atoms with van der Waals surface area (Å²) < 4.78 is 27.7. The lowest BCUT2D eigenvalue weighted by Gasteiger charge is -2.26. The minimum atomic E-state index is -0.538. The highest BCUT2D eigenvalue weighted by Crippen LogP contribution is 2.34. The van der Waals surface area contributed by atoms with Gasteiger partial charge < -0.3 is 25.4 Å². The van der Waals surface area contributed by atoms with E-state index in [-0.39, 0.29) is 17.6 Å². The molecule has 6 rings (SSSR count). The summed E-state index contributed by atoms with van der Waals surface area (Å²) in [5.41, 5.74) is 3.81. The van der Waals surface area contributed by atoms with Gasteiger partial charge in [-0.3, -0.25) is 9.20 Å². The number of imidazole rings is 1. The monoisotopic (exact) mass is 536 g/mol. The zero-order valence-corrected chi connectivity index (χ0v) is 22.1. The maximum atomic E-state index is 14.6. The minimum Gasteiger partial charge on any atom is -0.494 e. The average molecular weight is 537 g/mol. The van der Waals surface area contributed by atoms with Gasteiger partial charge in [0.25, 0.3) is 5.91 Å². The highest BCUT2D eigenvalue weighted by atomic mass is 19.1. The topological polar surface area (TPSA) is 117 Å². The molecule has 2 aliphatic heterocycles. The van der Waals surface area contributed by atoms with Crippen LogP contribution in [0, 0.1) is 12.7 Å². The third-order valence-electron chi connectivity index (χ3n) is 7.35. The molecule has 1 aromatic carbocycles. The fraction of sp³-hybridized carbons (Fsp3) is 0.481. The van der Waals surface area contributed by atoms with E-state index in [0.717, 1.165) is 62.5 Å². The predicted molar refractivity (Wildman–Crippen MR) is 144 cm³/mol. The molecule has 1 aliphatic carbocycles. The van der Waals surface area contributed by atoms with E-state index in [1.165, 1.54) is 6.07 Å². The van der Waals surface area contributed by atoms with Gasteiger partial charge in [-0.25, -0.2) is 14.4 Å². The van der Waals surface area contributed by atoms with Crippen molar-refractivity contribution in [2.24, 2.45) is 10.3 Å². The molecular weight excluding hydrogens is 503 g/mol. The van der Waals surface area contributed by atoms with Gasteiger partial charge in [0.2, 0.25) is 0 Å². The Morgan fingerprint density at radius 2 is 2.08 bits per heavy atom. The molecule has 2 atom stereocenters. The number of halogens is 1. The maximum absolute atomic E-state index is 14.6. The minimum absolute atomic E-state index is 0.0217. The van der Waals surface area contributed by atoms with E-state index >= 15 is 0 Å². The molecule has 2 unspecified atom stereocenters. The Bertz CT molecular complexity index is 1400. The van der Waals surface area contributed by atoms with Crippen molar-refractivity contribution in [1.82, 2.24) is 20.0 Å². The highest BCUT2D eigenvalue weighted by molar-refractivity contribution is 5.96. The molecular formula is C27H33FN8O3. The summed E-state index contributed by atoms with van der Waals surface area (Å²) in [4.78, 5) is 17.1. The Morgan fingerprint density at radius 1 is 1.23 bits per heavy atom. The molecule has 4 heterocycles. The Morgan fingerprint density at radius 3 is 2.82 bits per heavy atom. The number of amides is 1. The SMILES string of the molecule is COc1cc2ncc(C3CN(c4cc(C(=O)NC5CC5)c(F)cc4C)N=N3)n2cc1NCCNCC1CCO1. The van der Waals surface area contributed by atoms with E-state index < -0.39 is 11.7 Å². The van der Waals surface area contributed by atoms with Crippen molar-refractivity contribution in [2.75, 3.05) is 50.2 Å². The second kappa shape index (κ2) is 10.8. The van der Waals surface area contributed by atoms with Crippen LogP contribution in [0.25, 0.3) is 5.65 Å². The van der Waals surface area contributed by atoms with E-state index in [9.17, 15) is 9.18 Å². The summed E-state index contributed by atoms with van der Waals surface area (Å²) in [6, 6.07) is 4.69. The Hall–Kier alpha value is -3.77. The van der Waals surface area contributed by atoms with Crippen LogP contribution in [0.15, 0.2) is 40.9 Å². The van der Waals surface area contributed by atoms with Crippen LogP contribution in [0.2, 0.25) is 0 Å². The first-order valence-electron chi connectivity index (χ1n) is 13.4. The molecule has 0 radical (unpaired) electrons. The number of nitrogens with one attached hydrogen (secondary N) is 3. The number of hydrogen-bond acceptors (Lipinski definition) is 9. The Labute approximate surface area is 225 Å². The van der Waals surface area contributed by atoms with E-state index in [0.29, 0.717) is 29.6 Å². The second-order valence-corrected chi connectivity index (χ2v) is 10.2. The summed E-state index contributed by atoms with van der Waals surface area (Å²) in [5.74, 6) is -0.230. The number of hydrogen-bond donors (Lipinski definition) is 3. The van der Waals surface area contributed by atoms with Gasteiger partial charge in [-0.15, -0.1) is 0 Å². The van der Waals surface area contributed by atoms with Crippen LogP contribution in [0.3, 0.4) is 0 Å². The van der Waals surface area contributed by atoms with E-state index in [1.54, 1.807) is 31.3 Å². The van der Waals surface area contributed by atoms with Crippen molar-refractivity contribution in [3.63, 3.8) is 0 Å². The van der Waals surface area contributed by atoms with Gasteiger partial charge in [-0.1, -0.05) is 5.22 Å². The number of benzene rings is 1. The highest BCUT2D eigenvalue weighted by Gasteiger charge is 2.29. The number of pyridine rings is 1. The predicted octanol–water partition coefficient (Wildman–Crippen LogP) is 3.40. The van der Waals surface area contributed by atoms with Crippen molar-refractivity contribution in [1.29, 1.82) is 0 Å². The van der Waals surface area contributed by atoms with Gasteiger partial charge in [0.1, 0.15) is 23.3 Å². The zero-order chi connectivity index (χ0) is 26.9. The van der Waals surface area contributed by atoms with Crippen LogP contribution in [0.4, 0.5) is 15.8 Å². The molecule has 0 spiro atoms. The molecule has 1 amide bonds. The molecule has 12 heteroatoms.